The Kier molecular flexibility index (Phi) is 7.37. The van der Waals surface area contributed by atoms with Crippen LogP contribution in [-0.2, 0) is 9.53 Å². The molecule has 2 rings (SSSR count). The second-order valence-electron chi connectivity index (χ2n) is 4.84. The van der Waals surface area contributed by atoms with E-state index in [2.05, 4.69) is 5.32 Å². The first kappa shape index (κ1) is 16.1. The van der Waals surface area contributed by atoms with Gasteiger partial charge in [-0.2, -0.15) is 11.8 Å². The number of carbonyl (C=O) groups is 1. The van der Waals surface area contributed by atoms with Crippen LogP contribution in [0.3, 0.4) is 0 Å². The van der Waals surface area contributed by atoms with E-state index >= 15 is 0 Å². The lowest BCUT2D eigenvalue weighted by Crippen LogP contribution is -2.43. The van der Waals surface area contributed by atoms with Crippen molar-refractivity contribution in [2.24, 2.45) is 0 Å². The highest BCUT2D eigenvalue weighted by Crippen LogP contribution is 2.14. The summed E-state index contributed by atoms with van der Waals surface area (Å²) in [6.07, 6.45) is 3.11. The number of ether oxygens (including phenoxy) is 1. The van der Waals surface area contributed by atoms with Crippen LogP contribution in [0.15, 0.2) is 0 Å². The number of hydrogen-bond acceptors (Lipinski definition) is 4. The van der Waals surface area contributed by atoms with E-state index in [4.69, 9.17) is 4.74 Å². The first-order chi connectivity index (χ1) is 8.25. The minimum atomic E-state index is 0. The Balaban J connectivity index is 0.00000162. The van der Waals surface area contributed by atoms with E-state index in [1.54, 1.807) is 0 Å². The van der Waals surface area contributed by atoms with Gasteiger partial charge >= 0.3 is 0 Å². The molecule has 2 fully saturated rings. The van der Waals surface area contributed by atoms with Crippen LogP contribution in [0.1, 0.15) is 19.3 Å². The van der Waals surface area contributed by atoms with Crippen molar-refractivity contribution in [2.75, 3.05) is 38.2 Å². The van der Waals surface area contributed by atoms with Gasteiger partial charge in [-0.1, -0.05) is 0 Å². The lowest BCUT2D eigenvalue weighted by atomic mass is 10.2. The Labute approximate surface area is 120 Å². The summed E-state index contributed by atoms with van der Waals surface area (Å²) >= 11 is 1.93. The third-order valence-corrected chi connectivity index (χ3v) is 4.48. The molecule has 0 aliphatic carbocycles. The second kappa shape index (κ2) is 8.25. The quantitative estimate of drug-likeness (QED) is 0.844. The Bertz CT molecular complexity index is 256. The van der Waals surface area contributed by atoms with Crippen LogP contribution in [-0.4, -0.2) is 61.2 Å². The van der Waals surface area contributed by atoms with Crippen LogP contribution in [0.4, 0.5) is 0 Å². The number of nitrogens with one attached hydrogen (secondary N) is 1. The highest BCUT2D eigenvalue weighted by Gasteiger charge is 2.22. The highest BCUT2D eigenvalue weighted by atomic mass is 35.5. The van der Waals surface area contributed by atoms with Crippen molar-refractivity contribution in [3.8, 4) is 0 Å². The molecule has 2 atom stereocenters. The number of halogens is 1. The smallest absolute Gasteiger partial charge is 0.223 e. The van der Waals surface area contributed by atoms with Gasteiger partial charge in [-0.15, -0.1) is 12.4 Å². The van der Waals surface area contributed by atoms with Crippen molar-refractivity contribution >= 4 is 30.1 Å². The standard InChI is InChI=1S/C12H22N2O2S.ClH/c1-14(8-11-3-2-5-16-11)12(15)7-10-9-17-6-4-13-10;/h10-11,13H,2-9H2,1H3;1H. The molecule has 2 heterocycles. The zero-order chi connectivity index (χ0) is 12.1. The van der Waals surface area contributed by atoms with Gasteiger partial charge in [0.2, 0.25) is 5.91 Å². The van der Waals surface area contributed by atoms with E-state index in [-0.39, 0.29) is 24.4 Å². The Morgan fingerprint density at radius 3 is 3.00 bits per heavy atom. The largest absolute Gasteiger partial charge is 0.376 e. The Hall–Kier alpha value is 0.0300. The minimum absolute atomic E-state index is 0. The lowest BCUT2D eigenvalue weighted by Gasteiger charge is -2.26. The van der Waals surface area contributed by atoms with E-state index in [0.717, 1.165) is 44.0 Å². The van der Waals surface area contributed by atoms with E-state index in [1.807, 2.05) is 23.7 Å². The maximum atomic E-state index is 12.0. The molecule has 1 N–H and O–H groups in total. The van der Waals surface area contributed by atoms with E-state index in [9.17, 15) is 4.79 Å². The summed E-state index contributed by atoms with van der Waals surface area (Å²) in [5.41, 5.74) is 0. The molecule has 0 bridgehead atoms. The fraction of sp³-hybridized carbons (Fsp3) is 0.917. The minimum Gasteiger partial charge on any atom is -0.376 e. The molecule has 4 nitrogen and oxygen atoms in total. The van der Waals surface area contributed by atoms with Crippen LogP contribution in [0.25, 0.3) is 0 Å². The van der Waals surface area contributed by atoms with Gasteiger partial charge in [0.1, 0.15) is 0 Å². The van der Waals surface area contributed by atoms with Gasteiger partial charge in [-0.25, -0.2) is 0 Å². The number of carbonyl (C=O) groups excluding carboxylic acids is 1. The topological polar surface area (TPSA) is 41.6 Å². The summed E-state index contributed by atoms with van der Waals surface area (Å²) in [5, 5.41) is 3.40. The van der Waals surface area contributed by atoms with Crippen LogP contribution >= 0.6 is 24.2 Å². The zero-order valence-corrected chi connectivity index (χ0v) is 12.5. The third kappa shape index (κ3) is 4.96. The molecule has 2 aliphatic heterocycles. The van der Waals surface area contributed by atoms with Crippen LogP contribution in [0.2, 0.25) is 0 Å². The molecule has 106 valence electrons. The average Bonchev–Trinajstić information content (AvgIpc) is 2.83. The van der Waals surface area contributed by atoms with Crippen LogP contribution in [0, 0.1) is 0 Å². The number of nitrogens with zero attached hydrogens (tertiary/aromatic N) is 1. The summed E-state index contributed by atoms with van der Waals surface area (Å²) < 4.78 is 5.55. The summed E-state index contributed by atoms with van der Waals surface area (Å²) in [6.45, 7) is 2.63. The normalized spacial score (nSPS) is 27.6. The lowest BCUT2D eigenvalue weighted by molar-refractivity contribution is -0.131. The van der Waals surface area contributed by atoms with Gasteiger partial charge in [0.25, 0.3) is 0 Å². The Morgan fingerprint density at radius 1 is 1.56 bits per heavy atom. The van der Waals surface area contributed by atoms with Gasteiger partial charge in [0.15, 0.2) is 0 Å². The van der Waals surface area contributed by atoms with Crippen molar-refractivity contribution < 1.29 is 9.53 Å². The summed E-state index contributed by atoms with van der Waals surface area (Å²) in [4.78, 5) is 13.9. The number of likely N-dealkylation sites (N-methyl/N-ethyl adjacent to an activating group) is 1. The molecule has 0 radical (unpaired) electrons. The molecule has 18 heavy (non-hydrogen) atoms. The molecule has 6 heteroatoms. The maximum Gasteiger partial charge on any atom is 0.223 e. The summed E-state index contributed by atoms with van der Waals surface area (Å²) in [7, 11) is 1.89. The van der Waals surface area contributed by atoms with Crippen molar-refractivity contribution in [2.45, 2.75) is 31.4 Å². The molecule has 0 saturated carbocycles. The number of hydrogen-bond donors (Lipinski definition) is 1. The maximum absolute atomic E-state index is 12.0. The fourth-order valence-electron chi connectivity index (χ4n) is 2.31. The van der Waals surface area contributed by atoms with Crippen molar-refractivity contribution in [1.82, 2.24) is 10.2 Å². The Morgan fingerprint density at radius 2 is 2.39 bits per heavy atom. The molecule has 0 aromatic rings. The van der Waals surface area contributed by atoms with Gasteiger partial charge in [-0.05, 0) is 12.8 Å². The third-order valence-electron chi connectivity index (χ3n) is 3.35. The van der Waals surface area contributed by atoms with Crippen LogP contribution < -0.4 is 5.32 Å². The molecule has 0 aromatic carbocycles. The molecular weight excluding hydrogens is 272 g/mol. The van der Waals surface area contributed by atoms with Crippen molar-refractivity contribution in [1.29, 1.82) is 0 Å². The average molecular weight is 295 g/mol. The van der Waals surface area contributed by atoms with E-state index in [0.29, 0.717) is 12.5 Å². The summed E-state index contributed by atoms with van der Waals surface area (Å²) in [5.74, 6) is 2.45. The molecule has 2 aliphatic rings. The fourth-order valence-corrected chi connectivity index (χ4v) is 3.26. The summed E-state index contributed by atoms with van der Waals surface area (Å²) in [6, 6.07) is 0.355. The predicted octanol–water partition coefficient (Wildman–Crippen LogP) is 1.14. The number of amides is 1. The monoisotopic (exact) mass is 294 g/mol. The van der Waals surface area contributed by atoms with Gasteiger partial charge in [0.05, 0.1) is 6.10 Å². The van der Waals surface area contributed by atoms with Crippen molar-refractivity contribution in [3.63, 3.8) is 0 Å². The molecule has 2 unspecified atom stereocenters. The van der Waals surface area contributed by atoms with Gasteiger partial charge in [-0.3, -0.25) is 4.79 Å². The number of rotatable bonds is 4. The van der Waals surface area contributed by atoms with Gasteiger partial charge in [0, 0.05) is 50.7 Å². The van der Waals surface area contributed by atoms with E-state index < -0.39 is 0 Å². The van der Waals surface area contributed by atoms with Crippen molar-refractivity contribution in [3.05, 3.63) is 0 Å². The predicted molar refractivity (Wildman–Crippen MR) is 77.6 cm³/mol. The van der Waals surface area contributed by atoms with E-state index in [1.165, 1.54) is 0 Å². The SMILES string of the molecule is CN(CC1CCCO1)C(=O)CC1CSCCN1.Cl. The number of thioether (sulfide) groups is 1. The molecular formula is C12H23ClN2O2S. The highest BCUT2D eigenvalue weighted by molar-refractivity contribution is 7.99. The first-order valence-electron chi connectivity index (χ1n) is 6.42. The van der Waals surface area contributed by atoms with Crippen LogP contribution in [0.5, 0.6) is 0 Å². The zero-order valence-electron chi connectivity index (χ0n) is 10.9. The first-order valence-corrected chi connectivity index (χ1v) is 7.58. The molecule has 1 amide bonds. The molecule has 2 saturated heterocycles. The molecule has 0 spiro atoms. The molecule has 0 aromatic heterocycles. The second-order valence-corrected chi connectivity index (χ2v) is 5.99. The van der Waals surface area contributed by atoms with Gasteiger partial charge < -0.3 is 15.0 Å².